The second-order valence-corrected chi connectivity index (χ2v) is 3.98. The molecule has 3 nitrogen and oxygen atoms in total. The standard InChI is InChI=1S/C9H19F3N2O/c1-13(2)5-4-6-14(3)7-8(15)9(10,11)12/h8,15H,4-7H2,1-3H3. The Bertz CT molecular complexity index is 173. The van der Waals surface area contributed by atoms with Gasteiger partial charge in [0.15, 0.2) is 6.10 Å². The predicted octanol–water partition coefficient (Wildman–Crippen LogP) is 0.793. The van der Waals surface area contributed by atoms with Crippen LogP contribution in [0.2, 0.25) is 0 Å². The summed E-state index contributed by atoms with van der Waals surface area (Å²) in [5, 5.41) is 8.79. The number of hydrogen-bond acceptors (Lipinski definition) is 3. The lowest BCUT2D eigenvalue weighted by Gasteiger charge is -2.22. The van der Waals surface area contributed by atoms with Gasteiger partial charge in [-0.3, -0.25) is 0 Å². The second-order valence-electron chi connectivity index (χ2n) is 3.98. The van der Waals surface area contributed by atoms with Crippen molar-refractivity contribution in [3.05, 3.63) is 0 Å². The van der Waals surface area contributed by atoms with Crippen molar-refractivity contribution < 1.29 is 18.3 Å². The Hall–Kier alpha value is -0.330. The molecular formula is C9H19F3N2O. The van der Waals surface area contributed by atoms with E-state index in [9.17, 15) is 13.2 Å². The lowest BCUT2D eigenvalue weighted by atomic mass is 10.3. The minimum absolute atomic E-state index is 0.364. The molecule has 0 aliphatic carbocycles. The van der Waals surface area contributed by atoms with Gasteiger partial charge in [0.05, 0.1) is 0 Å². The van der Waals surface area contributed by atoms with Crippen LogP contribution in [-0.2, 0) is 0 Å². The first kappa shape index (κ1) is 14.7. The summed E-state index contributed by atoms with van der Waals surface area (Å²) in [7, 11) is 5.39. The first-order chi connectivity index (χ1) is 6.73. The summed E-state index contributed by atoms with van der Waals surface area (Å²) in [5.74, 6) is 0. The summed E-state index contributed by atoms with van der Waals surface area (Å²) in [6.45, 7) is 1.01. The number of aliphatic hydroxyl groups excluding tert-OH is 1. The molecule has 0 aromatic heterocycles. The molecule has 0 aromatic carbocycles. The average molecular weight is 228 g/mol. The maximum Gasteiger partial charge on any atom is 0.415 e. The highest BCUT2D eigenvalue weighted by molar-refractivity contribution is 4.69. The smallest absolute Gasteiger partial charge is 0.382 e. The molecular weight excluding hydrogens is 209 g/mol. The number of alkyl halides is 3. The molecule has 0 aromatic rings. The van der Waals surface area contributed by atoms with Crippen LogP contribution in [0.15, 0.2) is 0 Å². The highest BCUT2D eigenvalue weighted by atomic mass is 19.4. The molecule has 0 fully saturated rings. The minimum Gasteiger partial charge on any atom is -0.382 e. The van der Waals surface area contributed by atoms with Crippen molar-refractivity contribution in [3.8, 4) is 0 Å². The molecule has 1 atom stereocenters. The van der Waals surface area contributed by atoms with Crippen molar-refractivity contribution in [3.63, 3.8) is 0 Å². The summed E-state index contributed by atoms with van der Waals surface area (Å²) >= 11 is 0. The normalized spacial score (nSPS) is 15.0. The first-order valence-electron chi connectivity index (χ1n) is 4.81. The summed E-state index contributed by atoms with van der Waals surface area (Å²) in [5.41, 5.74) is 0. The van der Waals surface area contributed by atoms with E-state index in [-0.39, 0.29) is 6.54 Å². The Kier molecular flexibility index (Phi) is 6.16. The monoisotopic (exact) mass is 228 g/mol. The van der Waals surface area contributed by atoms with Gasteiger partial charge in [0.25, 0.3) is 0 Å². The fourth-order valence-corrected chi connectivity index (χ4v) is 1.15. The van der Waals surface area contributed by atoms with Gasteiger partial charge in [0.1, 0.15) is 0 Å². The largest absolute Gasteiger partial charge is 0.415 e. The maximum atomic E-state index is 12.0. The van der Waals surface area contributed by atoms with Crippen LogP contribution in [0, 0.1) is 0 Å². The van der Waals surface area contributed by atoms with Gasteiger partial charge in [-0.15, -0.1) is 0 Å². The Balaban J connectivity index is 3.69. The van der Waals surface area contributed by atoms with E-state index in [0.29, 0.717) is 6.54 Å². The third kappa shape index (κ3) is 7.58. The molecule has 0 spiro atoms. The molecule has 92 valence electrons. The van der Waals surface area contributed by atoms with E-state index < -0.39 is 12.3 Å². The molecule has 6 heteroatoms. The highest BCUT2D eigenvalue weighted by Gasteiger charge is 2.38. The van der Waals surface area contributed by atoms with E-state index in [0.717, 1.165) is 13.0 Å². The predicted molar refractivity (Wildman–Crippen MR) is 52.7 cm³/mol. The molecule has 0 aliphatic heterocycles. The van der Waals surface area contributed by atoms with Crippen molar-refractivity contribution >= 4 is 0 Å². The zero-order chi connectivity index (χ0) is 12.1. The van der Waals surface area contributed by atoms with Crippen LogP contribution in [0.25, 0.3) is 0 Å². The zero-order valence-corrected chi connectivity index (χ0v) is 9.38. The molecule has 0 aliphatic rings. The van der Waals surface area contributed by atoms with Crippen LogP contribution in [0.4, 0.5) is 13.2 Å². The van der Waals surface area contributed by atoms with Crippen molar-refractivity contribution in [1.82, 2.24) is 9.80 Å². The third-order valence-electron chi connectivity index (χ3n) is 2.01. The number of aliphatic hydroxyl groups is 1. The lowest BCUT2D eigenvalue weighted by molar-refractivity contribution is -0.207. The summed E-state index contributed by atoms with van der Waals surface area (Å²) in [6, 6.07) is 0. The van der Waals surface area contributed by atoms with E-state index in [1.807, 2.05) is 19.0 Å². The van der Waals surface area contributed by atoms with Gasteiger partial charge in [-0.1, -0.05) is 0 Å². The van der Waals surface area contributed by atoms with Gasteiger partial charge in [0, 0.05) is 6.54 Å². The van der Waals surface area contributed by atoms with Crippen molar-refractivity contribution in [2.45, 2.75) is 18.7 Å². The first-order valence-corrected chi connectivity index (χ1v) is 4.81. The van der Waals surface area contributed by atoms with E-state index in [1.165, 1.54) is 4.90 Å². The van der Waals surface area contributed by atoms with Gasteiger partial charge in [-0.25, -0.2) is 0 Å². The van der Waals surface area contributed by atoms with Gasteiger partial charge in [-0.05, 0) is 40.7 Å². The third-order valence-corrected chi connectivity index (χ3v) is 2.01. The van der Waals surface area contributed by atoms with Crippen LogP contribution < -0.4 is 0 Å². The number of hydrogen-bond donors (Lipinski definition) is 1. The molecule has 1 unspecified atom stereocenters. The van der Waals surface area contributed by atoms with E-state index in [2.05, 4.69) is 0 Å². The van der Waals surface area contributed by atoms with Crippen molar-refractivity contribution in [1.29, 1.82) is 0 Å². The minimum atomic E-state index is -4.52. The average Bonchev–Trinajstić information content (AvgIpc) is 2.01. The van der Waals surface area contributed by atoms with E-state index >= 15 is 0 Å². The van der Waals surface area contributed by atoms with Gasteiger partial charge < -0.3 is 14.9 Å². The molecule has 0 heterocycles. The molecule has 15 heavy (non-hydrogen) atoms. The SMILES string of the molecule is CN(C)CCCN(C)CC(O)C(F)(F)F. The fraction of sp³-hybridized carbons (Fsp3) is 1.00. The Morgan fingerprint density at radius 3 is 2.07 bits per heavy atom. The highest BCUT2D eigenvalue weighted by Crippen LogP contribution is 2.20. The van der Waals surface area contributed by atoms with E-state index in [1.54, 1.807) is 7.05 Å². The summed E-state index contributed by atoms with van der Waals surface area (Å²) in [4.78, 5) is 3.45. The van der Waals surface area contributed by atoms with Crippen LogP contribution in [0.1, 0.15) is 6.42 Å². The molecule has 0 saturated carbocycles. The van der Waals surface area contributed by atoms with Gasteiger partial charge in [-0.2, -0.15) is 13.2 Å². The molecule has 0 bridgehead atoms. The van der Waals surface area contributed by atoms with Crippen LogP contribution in [0.5, 0.6) is 0 Å². The van der Waals surface area contributed by atoms with Gasteiger partial charge >= 0.3 is 6.18 Å². The number of rotatable bonds is 6. The number of halogens is 3. The zero-order valence-electron chi connectivity index (χ0n) is 9.38. The number of likely N-dealkylation sites (N-methyl/N-ethyl adjacent to an activating group) is 1. The molecule has 0 rings (SSSR count). The van der Waals surface area contributed by atoms with Gasteiger partial charge in [0.2, 0.25) is 0 Å². The molecule has 0 radical (unpaired) electrons. The van der Waals surface area contributed by atoms with Crippen LogP contribution in [0.3, 0.4) is 0 Å². The Morgan fingerprint density at radius 2 is 1.67 bits per heavy atom. The fourth-order valence-electron chi connectivity index (χ4n) is 1.15. The van der Waals surface area contributed by atoms with Crippen molar-refractivity contribution in [2.75, 3.05) is 40.8 Å². The maximum absolute atomic E-state index is 12.0. The summed E-state index contributed by atoms with van der Waals surface area (Å²) < 4.78 is 35.9. The topological polar surface area (TPSA) is 26.7 Å². The number of nitrogens with zero attached hydrogens (tertiary/aromatic N) is 2. The summed E-state index contributed by atoms with van der Waals surface area (Å²) in [6.07, 6.45) is -5.98. The second kappa shape index (κ2) is 6.30. The van der Waals surface area contributed by atoms with Crippen molar-refractivity contribution in [2.24, 2.45) is 0 Å². The molecule has 1 N–H and O–H groups in total. The van der Waals surface area contributed by atoms with E-state index in [4.69, 9.17) is 5.11 Å². The van der Waals surface area contributed by atoms with Crippen LogP contribution in [-0.4, -0.2) is 68.0 Å². The Labute approximate surface area is 88.5 Å². The lowest BCUT2D eigenvalue weighted by Crippen LogP contribution is -2.40. The van der Waals surface area contributed by atoms with Crippen LogP contribution >= 0.6 is 0 Å². The quantitative estimate of drug-likeness (QED) is 0.728. The molecule has 0 saturated heterocycles. The Morgan fingerprint density at radius 1 is 1.13 bits per heavy atom. The molecule has 0 amide bonds.